The highest BCUT2D eigenvalue weighted by atomic mass is 32.2. The largest absolute Gasteiger partial charge is 0.396 e. The lowest BCUT2D eigenvalue weighted by molar-refractivity contribution is 0.134. The van der Waals surface area contributed by atoms with E-state index in [0.717, 1.165) is 25.7 Å². The summed E-state index contributed by atoms with van der Waals surface area (Å²) >= 11 is 0. The first-order valence-corrected chi connectivity index (χ1v) is 7.97. The van der Waals surface area contributed by atoms with Gasteiger partial charge in [-0.15, -0.1) is 0 Å². The molecular weight excluding hydrogens is 278 g/mol. The highest BCUT2D eigenvalue weighted by Gasteiger charge is 2.34. The number of nitriles is 1. The zero-order valence-corrected chi connectivity index (χ0v) is 11.9. The van der Waals surface area contributed by atoms with Crippen molar-refractivity contribution < 1.29 is 13.5 Å². The SMILES string of the molecule is N#Cc1ncccc1S(=O)(=O)NCC1(CO)CCCC1. The molecule has 0 aromatic carbocycles. The van der Waals surface area contributed by atoms with Gasteiger partial charge in [-0.2, -0.15) is 5.26 Å². The average Bonchev–Trinajstić information content (AvgIpc) is 2.95. The molecule has 108 valence electrons. The van der Waals surface area contributed by atoms with Gasteiger partial charge < -0.3 is 5.11 Å². The number of hydrogen-bond acceptors (Lipinski definition) is 5. The zero-order valence-electron chi connectivity index (χ0n) is 11.0. The number of sulfonamides is 1. The first-order chi connectivity index (χ1) is 9.53. The molecular formula is C13H17N3O3S. The maximum absolute atomic E-state index is 12.2. The lowest BCUT2D eigenvalue weighted by Gasteiger charge is -2.26. The van der Waals surface area contributed by atoms with Crippen LogP contribution in [0.15, 0.2) is 23.2 Å². The van der Waals surface area contributed by atoms with Crippen molar-refractivity contribution in [1.29, 1.82) is 5.26 Å². The number of pyridine rings is 1. The first kappa shape index (κ1) is 14.9. The second-order valence-corrected chi connectivity index (χ2v) is 6.89. The van der Waals surface area contributed by atoms with Gasteiger partial charge in [0.25, 0.3) is 0 Å². The molecule has 20 heavy (non-hydrogen) atoms. The van der Waals surface area contributed by atoms with E-state index in [1.54, 1.807) is 6.07 Å². The van der Waals surface area contributed by atoms with Gasteiger partial charge in [-0.25, -0.2) is 18.1 Å². The van der Waals surface area contributed by atoms with Gasteiger partial charge in [0.05, 0.1) is 0 Å². The fraction of sp³-hybridized carbons (Fsp3) is 0.538. The Morgan fingerprint density at radius 1 is 1.45 bits per heavy atom. The van der Waals surface area contributed by atoms with Gasteiger partial charge in [0, 0.05) is 24.8 Å². The van der Waals surface area contributed by atoms with E-state index in [0.29, 0.717) is 0 Å². The minimum atomic E-state index is -3.78. The van der Waals surface area contributed by atoms with Crippen molar-refractivity contribution in [2.45, 2.75) is 30.6 Å². The van der Waals surface area contributed by atoms with Gasteiger partial charge in [0.1, 0.15) is 11.0 Å². The highest BCUT2D eigenvalue weighted by Crippen LogP contribution is 2.37. The summed E-state index contributed by atoms with van der Waals surface area (Å²) in [5, 5.41) is 18.4. The van der Waals surface area contributed by atoms with E-state index in [4.69, 9.17) is 5.26 Å². The summed E-state index contributed by atoms with van der Waals surface area (Å²) in [4.78, 5) is 3.63. The Balaban J connectivity index is 2.18. The third-order valence-corrected chi connectivity index (χ3v) is 5.24. The number of hydrogen-bond donors (Lipinski definition) is 2. The lowest BCUT2D eigenvalue weighted by atomic mass is 9.88. The molecule has 2 rings (SSSR count). The summed E-state index contributed by atoms with van der Waals surface area (Å²) in [6.45, 7) is 0.152. The van der Waals surface area contributed by atoms with Crippen molar-refractivity contribution in [1.82, 2.24) is 9.71 Å². The Kier molecular flexibility index (Phi) is 4.38. The Morgan fingerprint density at radius 2 is 2.15 bits per heavy atom. The molecule has 1 saturated carbocycles. The van der Waals surface area contributed by atoms with E-state index < -0.39 is 10.0 Å². The molecule has 0 bridgehead atoms. The van der Waals surface area contributed by atoms with Crippen molar-refractivity contribution in [2.75, 3.05) is 13.2 Å². The molecule has 1 heterocycles. The Bertz CT molecular complexity index is 616. The monoisotopic (exact) mass is 295 g/mol. The molecule has 0 radical (unpaired) electrons. The van der Waals surface area contributed by atoms with Crippen molar-refractivity contribution in [3.63, 3.8) is 0 Å². The summed E-state index contributed by atoms with van der Waals surface area (Å²) in [6, 6.07) is 4.61. The molecule has 6 nitrogen and oxygen atoms in total. The minimum Gasteiger partial charge on any atom is -0.396 e. The lowest BCUT2D eigenvalue weighted by Crippen LogP contribution is -2.38. The van der Waals surface area contributed by atoms with E-state index in [2.05, 4.69) is 9.71 Å². The van der Waals surface area contributed by atoms with Gasteiger partial charge in [-0.05, 0) is 25.0 Å². The average molecular weight is 295 g/mol. The molecule has 1 aliphatic carbocycles. The molecule has 1 aliphatic rings. The maximum Gasteiger partial charge on any atom is 0.243 e. The summed E-state index contributed by atoms with van der Waals surface area (Å²) in [7, 11) is -3.78. The van der Waals surface area contributed by atoms with Crippen molar-refractivity contribution in [3.05, 3.63) is 24.0 Å². The number of nitrogens with zero attached hydrogens (tertiary/aromatic N) is 2. The first-order valence-electron chi connectivity index (χ1n) is 6.49. The molecule has 0 aliphatic heterocycles. The van der Waals surface area contributed by atoms with Crippen LogP contribution in [0, 0.1) is 16.7 Å². The molecule has 0 unspecified atom stereocenters. The van der Waals surface area contributed by atoms with Gasteiger partial charge in [0.2, 0.25) is 10.0 Å². The quantitative estimate of drug-likeness (QED) is 0.835. The molecule has 0 spiro atoms. The number of aliphatic hydroxyl groups is 1. The van der Waals surface area contributed by atoms with Crippen LogP contribution in [0.3, 0.4) is 0 Å². The maximum atomic E-state index is 12.2. The standard InChI is InChI=1S/C13H17N3O3S/c14-8-11-12(4-3-7-15-11)20(18,19)16-9-13(10-17)5-1-2-6-13/h3-4,7,16-17H,1-2,5-6,9-10H2. The molecule has 0 atom stereocenters. The zero-order chi connectivity index (χ0) is 14.6. The van der Waals surface area contributed by atoms with Crippen molar-refractivity contribution >= 4 is 10.0 Å². The topological polar surface area (TPSA) is 103 Å². The molecule has 0 saturated heterocycles. The van der Waals surface area contributed by atoms with Crippen LogP contribution in [0.4, 0.5) is 0 Å². The van der Waals surface area contributed by atoms with Gasteiger partial charge in [-0.1, -0.05) is 12.8 Å². The van der Waals surface area contributed by atoms with Crippen LogP contribution in [0.5, 0.6) is 0 Å². The fourth-order valence-corrected chi connectivity index (χ4v) is 3.80. The molecule has 0 amide bonds. The molecule has 2 N–H and O–H groups in total. The Labute approximate surface area is 118 Å². The summed E-state index contributed by atoms with van der Waals surface area (Å²) in [6.07, 6.45) is 5.00. The summed E-state index contributed by atoms with van der Waals surface area (Å²) in [5.74, 6) is 0. The van der Waals surface area contributed by atoms with Crippen LogP contribution < -0.4 is 4.72 Å². The Hall–Kier alpha value is -1.49. The van der Waals surface area contributed by atoms with Gasteiger partial charge in [-0.3, -0.25) is 0 Å². The van der Waals surface area contributed by atoms with Crippen LogP contribution in [-0.4, -0.2) is 31.7 Å². The molecule has 1 aromatic rings. The van der Waals surface area contributed by atoms with Crippen LogP contribution in [0.2, 0.25) is 0 Å². The third kappa shape index (κ3) is 2.98. The molecule has 1 aromatic heterocycles. The fourth-order valence-electron chi connectivity index (χ4n) is 2.53. The van der Waals surface area contributed by atoms with Crippen molar-refractivity contribution in [3.8, 4) is 6.07 Å². The predicted octanol–water partition coefficient (Wildman–Crippen LogP) is 0.784. The number of aromatic nitrogens is 1. The van der Waals surface area contributed by atoms with Crippen molar-refractivity contribution in [2.24, 2.45) is 5.41 Å². The predicted molar refractivity (Wildman–Crippen MR) is 72.1 cm³/mol. The number of nitrogens with one attached hydrogen (secondary N) is 1. The smallest absolute Gasteiger partial charge is 0.243 e. The van der Waals surface area contributed by atoms with E-state index in [-0.39, 0.29) is 29.2 Å². The number of aliphatic hydroxyl groups excluding tert-OH is 1. The summed E-state index contributed by atoms with van der Waals surface area (Å²) < 4.78 is 27.0. The van der Waals surface area contributed by atoms with E-state index in [1.165, 1.54) is 18.3 Å². The highest BCUT2D eigenvalue weighted by molar-refractivity contribution is 7.89. The second-order valence-electron chi connectivity index (χ2n) is 5.15. The van der Waals surface area contributed by atoms with Gasteiger partial charge >= 0.3 is 0 Å². The minimum absolute atomic E-state index is 0.0341. The Morgan fingerprint density at radius 3 is 2.75 bits per heavy atom. The van der Waals surface area contributed by atoms with Crippen LogP contribution >= 0.6 is 0 Å². The van der Waals surface area contributed by atoms with E-state index in [1.807, 2.05) is 0 Å². The van der Waals surface area contributed by atoms with Crippen LogP contribution in [0.25, 0.3) is 0 Å². The summed E-state index contributed by atoms with van der Waals surface area (Å²) in [5.41, 5.74) is -0.494. The third-order valence-electron chi connectivity index (χ3n) is 3.80. The van der Waals surface area contributed by atoms with Crippen LogP contribution in [-0.2, 0) is 10.0 Å². The molecule has 1 fully saturated rings. The normalized spacial score (nSPS) is 17.8. The number of rotatable bonds is 5. The van der Waals surface area contributed by atoms with Gasteiger partial charge in [0.15, 0.2) is 5.69 Å². The second kappa shape index (κ2) is 5.87. The molecule has 7 heteroatoms. The van der Waals surface area contributed by atoms with E-state index in [9.17, 15) is 13.5 Å². The van der Waals surface area contributed by atoms with Crippen LogP contribution in [0.1, 0.15) is 31.4 Å². The van der Waals surface area contributed by atoms with E-state index >= 15 is 0 Å².